The zero-order chi connectivity index (χ0) is 14.5. The molecule has 2 heterocycles. The molecule has 0 bridgehead atoms. The van der Waals surface area contributed by atoms with Gasteiger partial charge in [0.05, 0.1) is 0 Å². The minimum Gasteiger partial charge on any atom is -0.373 e. The van der Waals surface area contributed by atoms with E-state index >= 15 is 0 Å². The van der Waals surface area contributed by atoms with Crippen LogP contribution in [0.5, 0.6) is 0 Å². The second-order valence-corrected chi connectivity index (χ2v) is 6.11. The molecule has 0 radical (unpaired) electrons. The van der Waals surface area contributed by atoms with Crippen molar-refractivity contribution in [3.8, 4) is 0 Å². The standard InChI is InChI=1S/C17H25N3O/c21-17(16-13-14-7-2-3-8-15(14)19-16)18-9-6-12-20-10-4-1-5-11-20/h2-3,7-8,16,19H,1,4-6,9-13H2,(H,18,21)/t16-/m0/s1. The topological polar surface area (TPSA) is 44.4 Å². The summed E-state index contributed by atoms with van der Waals surface area (Å²) < 4.78 is 0. The molecule has 4 nitrogen and oxygen atoms in total. The van der Waals surface area contributed by atoms with Crippen molar-refractivity contribution in [1.29, 1.82) is 0 Å². The van der Waals surface area contributed by atoms with Crippen molar-refractivity contribution in [2.75, 3.05) is 31.5 Å². The predicted molar refractivity (Wildman–Crippen MR) is 85.5 cm³/mol. The Kier molecular flexibility index (Phi) is 4.76. The molecule has 0 aliphatic carbocycles. The predicted octanol–water partition coefficient (Wildman–Crippen LogP) is 2.02. The molecule has 2 N–H and O–H groups in total. The third-order valence-electron chi connectivity index (χ3n) is 4.49. The van der Waals surface area contributed by atoms with E-state index in [0.29, 0.717) is 0 Å². The molecule has 21 heavy (non-hydrogen) atoms. The molecule has 1 fully saturated rings. The fraction of sp³-hybridized carbons (Fsp3) is 0.588. The Morgan fingerprint density at radius 3 is 2.86 bits per heavy atom. The van der Waals surface area contributed by atoms with Crippen LogP contribution in [0.15, 0.2) is 24.3 Å². The van der Waals surface area contributed by atoms with Crippen LogP contribution in [0.3, 0.4) is 0 Å². The van der Waals surface area contributed by atoms with Crippen LogP contribution in [0.25, 0.3) is 0 Å². The first-order chi connectivity index (χ1) is 10.3. The zero-order valence-electron chi connectivity index (χ0n) is 12.6. The number of likely N-dealkylation sites (tertiary alicyclic amines) is 1. The number of hydrogen-bond acceptors (Lipinski definition) is 3. The van der Waals surface area contributed by atoms with Gasteiger partial charge in [0.25, 0.3) is 0 Å². The molecular formula is C17H25N3O. The first kappa shape index (κ1) is 14.4. The van der Waals surface area contributed by atoms with Crippen LogP contribution in [0, 0.1) is 0 Å². The Morgan fingerprint density at radius 2 is 2.05 bits per heavy atom. The molecule has 0 aromatic heterocycles. The second-order valence-electron chi connectivity index (χ2n) is 6.11. The molecule has 2 aliphatic rings. The van der Waals surface area contributed by atoms with Gasteiger partial charge in [-0.3, -0.25) is 4.79 Å². The molecule has 2 aliphatic heterocycles. The van der Waals surface area contributed by atoms with Crippen molar-refractivity contribution < 1.29 is 4.79 Å². The van der Waals surface area contributed by atoms with Crippen LogP contribution in [-0.4, -0.2) is 43.0 Å². The summed E-state index contributed by atoms with van der Waals surface area (Å²) in [6.07, 6.45) is 5.88. The number of nitrogens with one attached hydrogen (secondary N) is 2. The van der Waals surface area contributed by atoms with Gasteiger partial charge in [-0.05, 0) is 50.5 Å². The molecule has 3 rings (SSSR count). The number of hydrogen-bond donors (Lipinski definition) is 2. The average molecular weight is 287 g/mol. The Balaban J connectivity index is 1.36. The number of rotatable bonds is 5. The van der Waals surface area contributed by atoms with Gasteiger partial charge >= 0.3 is 0 Å². The Hall–Kier alpha value is -1.55. The van der Waals surface area contributed by atoms with Crippen molar-refractivity contribution >= 4 is 11.6 Å². The lowest BCUT2D eigenvalue weighted by molar-refractivity contribution is -0.121. The quantitative estimate of drug-likeness (QED) is 0.814. The Labute approximate surface area is 126 Å². The maximum Gasteiger partial charge on any atom is 0.242 e. The molecule has 1 amide bonds. The van der Waals surface area contributed by atoms with Gasteiger partial charge in [-0.1, -0.05) is 24.6 Å². The van der Waals surface area contributed by atoms with Gasteiger partial charge in [0.1, 0.15) is 6.04 Å². The summed E-state index contributed by atoms with van der Waals surface area (Å²) in [4.78, 5) is 14.7. The first-order valence-electron chi connectivity index (χ1n) is 8.17. The molecule has 114 valence electrons. The lowest BCUT2D eigenvalue weighted by atomic mass is 10.1. The highest BCUT2D eigenvalue weighted by atomic mass is 16.2. The zero-order valence-corrected chi connectivity index (χ0v) is 12.6. The van der Waals surface area contributed by atoms with Gasteiger partial charge < -0.3 is 15.5 Å². The van der Waals surface area contributed by atoms with Crippen molar-refractivity contribution in [1.82, 2.24) is 10.2 Å². The van der Waals surface area contributed by atoms with Crippen LogP contribution in [0.2, 0.25) is 0 Å². The lowest BCUT2D eigenvalue weighted by Gasteiger charge is -2.26. The SMILES string of the molecule is O=C(NCCCN1CCCCC1)[C@@H]1Cc2ccccc2N1. The molecule has 4 heteroatoms. The van der Waals surface area contributed by atoms with Crippen LogP contribution in [0.4, 0.5) is 5.69 Å². The molecule has 1 saturated heterocycles. The third-order valence-corrected chi connectivity index (χ3v) is 4.49. The molecule has 1 aromatic carbocycles. The van der Waals surface area contributed by atoms with Gasteiger partial charge in [0, 0.05) is 18.7 Å². The molecule has 0 spiro atoms. The van der Waals surface area contributed by atoms with Gasteiger partial charge in [-0.25, -0.2) is 0 Å². The van der Waals surface area contributed by atoms with Crippen molar-refractivity contribution in [3.63, 3.8) is 0 Å². The minimum atomic E-state index is -0.0996. The Morgan fingerprint density at radius 1 is 1.24 bits per heavy atom. The largest absolute Gasteiger partial charge is 0.373 e. The fourth-order valence-electron chi connectivity index (χ4n) is 3.28. The van der Waals surface area contributed by atoms with E-state index in [2.05, 4.69) is 21.6 Å². The van der Waals surface area contributed by atoms with Gasteiger partial charge in [-0.15, -0.1) is 0 Å². The monoisotopic (exact) mass is 287 g/mol. The summed E-state index contributed by atoms with van der Waals surface area (Å²) in [5, 5.41) is 6.37. The molecule has 1 atom stereocenters. The fourth-order valence-corrected chi connectivity index (χ4v) is 3.28. The highest BCUT2D eigenvalue weighted by Gasteiger charge is 2.25. The van der Waals surface area contributed by atoms with Crippen LogP contribution in [0.1, 0.15) is 31.2 Å². The van der Waals surface area contributed by atoms with Crippen LogP contribution < -0.4 is 10.6 Å². The van der Waals surface area contributed by atoms with E-state index in [9.17, 15) is 4.79 Å². The number of benzene rings is 1. The van der Waals surface area contributed by atoms with E-state index in [1.54, 1.807) is 0 Å². The summed E-state index contributed by atoms with van der Waals surface area (Å²) in [5.74, 6) is 0.129. The Bertz CT molecular complexity index is 458. The summed E-state index contributed by atoms with van der Waals surface area (Å²) in [5.41, 5.74) is 2.34. The molecular weight excluding hydrogens is 262 g/mol. The number of carbonyl (C=O) groups is 1. The van der Waals surface area contributed by atoms with E-state index in [0.717, 1.165) is 31.6 Å². The molecule has 0 saturated carbocycles. The van der Waals surface area contributed by atoms with E-state index < -0.39 is 0 Å². The summed E-state index contributed by atoms with van der Waals surface area (Å²) in [6, 6.07) is 8.06. The third kappa shape index (κ3) is 3.76. The number of amides is 1. The second kappa shape index (κ2) is 6.94. The van der Waals surface area contributed by atoms with Crippen LogP contribution in [-0.2, 0) is 11.2 Å². The van der Waals surface area contributed by atoms with Crippen LogP contribution >= 0.6 is 0 Å². The van der Waals surface area contributed by atoms with Crippen molar-refractivity contribution in [2.45, 2.75) is 38.1 Å². The van der Waals surface area contributed by atoms with Gasteiger partial charge in [-0.2, -0.15) is 0 Å². The van der Waals surface area contributed by atoms with Gasteiger partial charge in [0.15, 0.2) is 0 Å². The average Bonchev–Trinajstić information content (AvgIpc) is 2.96. The number of fused-ring (bicyclic) bond motifs is 1. The van der Waals surface area contributed by atoms with Gasteiger partial charge in [0.2, 0.25) is 5.91 Å². The normalized spacial score (nSPS) is 21.6. The van der Waals surface area contributed by atoms with Crippen molar-refractivity contribution in [3.05, 3.63) is 29.8 Å². The number of piperidine rings is 1. The first-order valence-corrected chi connectivity index (χ1v) is 8.17. The maximum atomic E-state index is 12.2. The summed E-state index contributed by atoms with van der Waals surface area (Å²) in [6.45, 7) is 4.35. The maximum absolute atomic E-state index is 12.2. The highest BCUT2D eigenvalue weighted by molar-refractivity contribution is 5.87. The molecule has 1 aromatic rings. The van der Waals surface area contributed by atoms with E-state index in [4.69, 9.17) is 0 Å². The minimum absolute atomic E-state index is 0.0996. The number of nitrogens with zero attached hydrogens (tertiary/aromatic N) is 1. The lowest BCUT2D eigenvalue weighted by Crippen LogP contribution is -2.40. The van der Waals surface area contributed by atoms with Crippen molar-refractivity contribution in [2.24, 2.45) is 0 Å². The molecule has 0 unspecified atom stereocenters. The number of anilines is 1. The smallest absolute Gasteiger partial charge is 0.242 e. The van der Waals surface area contributed by atoms with E-state index in [-0.39, 0.29) is 11.9 Å². The number of para-hydroxylation sites is 1. The summed E-state index contributed by atoms with van der Waals surface area (Å²) >= 11 is 0. The summed E-state index contributed by atoms with van der Waals surface area (Å²) in [7, 11) is 0. The van der Waals surface area contributed by atoms with E-state index in [1.807, 2.05) is 18.2 Å². The highest BCUT2D eigenvalue weighted by Crippen LogP contribution is 2.24. The number of carbonyl (C=O) groups excluding carboxylic acids is 1. The van der Waals surface area contributed by atoms with E-state index in [1.165, 1.54) is 37.9 Å².